The summed E-state index contributed by atoms with van der Waals surface area (Å²) in [6.07, 6.45) is 0. The van der Waals surface area contributed by atoms with Crippen molar-refractivity contribution < 1.29 is 18.9 Å². The van der Waals surface area contributed by atoms with E-state index >= 15 is 0 Å². The fourth-order valence-electron chi connectivity index (χ4n) is 3.05. The van der Waals surface area contributed by atoms with Crippen LogP contribution in [0.15, 0.2) is 65.1 Å². The summed E-state index contributed by atoms with van der Waals surface area (Å²) in [4.78, 5) is 27.5. The quantitative estimate of drug-likeness (QED) is 0.226. The monoisotopic (exact) mass is 482 g/mol. The Hall–Kier alpha value is -4.02. The molecule has 0 bridgehead atoms. The lowest BCUT2D eigenvalue weighted by molar-refractivity contribution is -0.385. The molecule has 9 nitrogen and oxygen atoms in total. The number of carbonyl (C=O) groups excluding carboxylic acids is 1. The molecule has 0 radical (unpaired) electrons. The molecule has 1 heterocycles. The summed E-state index contributed by atoms with van der Waals surface area (Å²) < 4.78 is 10.7. The van der Waals surface area contributed by atoms with Crippen LogP contribution in [0.2, 0.25) is 5.02 Å². The second kappa shape index (κ2) is 9.23. The summed E-state index contributed by atoms with van der Waals surface area (Å²) in [5, 5.41) is 16.8. The number of hydrogen-bond donors (Lipinski definition) is 2. The van der Waals surface area contributed by atoms with Gasteiger partial charge in [0.1, 0.15) is 5.52 Å². The Morgan fingerprint density at radius 2 is 1.97 bits per heavy atom. The number of nitrogens with one attached hydrogen (secondary N) is 2. The third-order valence-electron chi connectivity index (χ3n) is 4.62. The Balaban J connectivity index is 1.51. The first-order valence-electron chi connectivity index (χ1n) is 9.46. The Labute approximate surface area is 197 Å². The highest BCUT2D eigenvalue weighted by atomic mass is 35.5. The number of methoxy groups -OCH3 is 1. The van der Waals surface area contributed by atoms with Gasteiger partial charge in [0, 0.05) is 17.2 Å². The number of oxazole rings is 1. The van der Waals surface area contributed by atoms with E-state index in [-0.39, 0.29) is 22.1 Å². The van der Waals surface area contributed by atoms with Gasteiger partial charge < -0.3 is 14.5 Å². The number of hydrogen-bond acceptors (Lipinski definition) is 7. The van der Waals surface area contributed by atoms with Crippen molar-refractivity contribution in [1.29, 1.82) is 0 Å². The molecule has 2 N–H and O–H groups in total. The number of rotatable bonds is 5. The molecule has 0 unspecified atom stereocenters. The minimum Gasteiger partial charge on any atom is -0.490 e. The van der Waals surface area contributed by atoms with Gasteiger partial charge in [0.25, 0.3) is 5.91 Å². The zero-order chi connectivity index (χ0) is 23.5. The molecule has 1 aromatic heterocycles. The number of amides is 1. The number of nitro groups is 1. The van der Waals surface area contributed by atoms with Gasteiger partial charge >= 0.3 is 5.69 Å². The van der Waals surface area contributed by atoms with E-state index in [4.69, 9.17) is 33.0 Å². The van der Waals surface area contributed by atoms with Crippen molar-refractivity contribution in [2.45, 2.75) is 0 Å². The topological polar surface area (TPSA) is 120 Å². The number of fused-ring (bicyclic) bond motifs is 1. The Kier molecular flexibility index (Phi) is 6.20. The van der Waals surface area contributed by atoms with Crippen molar-refractivity contribution >= 4 is 57.3 Å². The average molecular weight is 483 g/mol. The van der Waals surface area contributed by atoms with Gasteiger partial charge in [-0.25, -0.2) is 4.98 Å². The van der Waals surface area contributed by atoms with Crippen LogP contribution in [-0.2, 0) is 0 Å². The number of anilines is 1. The lowest BCUT2D eigenvalue weighted by Gasteiger charge is -2.12. The van der Waals surface area contributed by atoms with Crippen LogP contribution < -0.4 is 15.4 Å². The molecule has 11 heteroatoms. The predicted octanol–water partition coefficient (Wildman–Crippen LogP) is 5.19. The number of benzene rings is 3. The van der Waals surface area contributed by atoms with Gasteiger partial charge in [0.15, 0.2) is 16.4 Å². The third kappa shape index (κ3) is 4.76. The van der Waals surface area contributed by atoms with Gasteiger partial charge in [-0.1, -0.05) is 23.7 Å². The fraction of sp³-hybridized carbons (Fsp3) is 0.0455. The van der Waals surface area contributed by atoms with E-state index in [1.807, 2.05) is 24.3 Å². The maximum Gasteiger partial charge on any atom is 0.311 e. The number of para-hydroxylation sites is 2. The molecule has 33 heavy (non-hydrogen) atoms. The zero-order valence-corrected chi connectivity index (χ0v) is 18.6. The highest BCUT2D eigenvalue weighted by molar-refractivity contribution is 7.80. The molecule has 0 spiro atoms. The SMILES string of the molecule is COc1ccc(C(=O)NC(=S)Nc2cc(-c3nc4ccccc4o3)ccc2Cl)cc1[N+](=O)[O-]. The number of ether oxygens (including phenoxy) is 1. The number of halogens is 1. The normalized spacial score (nSPS) is 10.6. The molecule has 0 aliphatic rings. The van der Waals surface area contributed by atoms with Crippen molar-refractivity contribution in [1.82, 2.24) is 10.3 Å². The lowest BCUT2D eigenvalue weighted by Crippen LogP contribution is -2.34. The first kappa shape index (κ1) is 22.2. The smallest absolute Gasteiger partial charge is 0.311 e. The Morgan fingerprint density at radius 1 is 1.18 bits per heavy atom. The van der Waals surface area contributed by atoms with Crippen LogP contribution in [0.1, 0.15) is 10.4 Å². The van der Waals surface area contributed by atoms with Gasteiger partial charge in [-0.2, -0.15) is 0 Å². The second-order valence-electron chi connectivity index (χ2n) is 6.73. The molecule has 0 fully saturated rings. The first-order valence-corrected chi connectivity index (χ1v) is 10.2. The van der Waals surface area contributed by atoms with E-state index in [9.17, 15) is 14.9 Å². The van der Waals surface area contributed by atoms with Crippen LogP contribution >= 0.6 is 23.8 Å². The standard InChI is InChI=1S/C22H15ClN4O5S/c1-31-19-9-7-12(11-17(19)27(29)30)20(28)26-22(33)25-16-10-13(6-8-14(16)23)21-24-15-4-2-3-5-18(15)32-21/h2-11H,1H3,(H2,25,26,28,33). The van der Waals surface area contributed by atoms with E-state index < -0.39 is 10.8 Å². The molecular formula is C22H15ClN4O5S. The highest BCUT2D eigenvalue weighted by Gasteiger charge is 2.19. The minimum atomic E-state index is -0.635. The molecule has 0 aliphatic heterocycles. The maximum absolute atomic E-state index is 12.5. The number of nitro benzene ring substituents is 1. The van der Waals surface area contributed by atoms with E-state index in [0.29, 0.717) is 33.3 Å². The van der Waals surface area contributed by atoms with Gasteiger partial charge in [-0.3, -0.25) is 20.2 Å². The first-order chi connectivity index (χ1) is 15.9. The number of thiocarbonyl (C=S) groups is 1. The molecule has 0 aliphatic carbocycles. The van der Waals surface area contributed by atoms with E-state index in [1.165, 1.54) is 19.2 Å². The number of nitrogens with zero attached hydrogens (tertiary/aromatic N) is 2. The summed E-state index contributed by atoms with van der Waals surface area (Å²) in [6.45, 7) is 0. The van der Waals surface area contributed by atoms with Crippen molar-refractivity contribution in [2.75, 3.05) is 12.4 Å². The van der Waals surface area contributed by atoms with Crippen molar-refractivity contribution in [3.05, 3.63) is 81.4 Å². The second-order valence-corrected chi connectivity index (χ2v) is 7.55. The van der Waals surface area contributed by atoms with Crippen molar-refractivity contribution in [3.63, 3.8) is 0 Å². The van der Waals surface area contributed by atoms with Gasteiger partial charge in [0.05, 0.1) is 22.7 Å². The molecule has 0 saturated carbocycles. The molecule has 1 amide bonds. The number of aromatic nitrogens is 1. The predicted molar refractivity (Wildman–Crippen MR) is 128 cm³/mol. The molecular weight excluding hydrogens is 468 g/mol. The summed E-state index contributed by atoms with van der Waals surface area (Å²) in [7, 11) is 1.31. The fourth-order valence-corrected chi connectivity index (χ4v) is 3.42. The largest absolute Gasteiger partial charge is 0.490 e. The minimum absolute atomic E-state index is 0.0398. The molecule has 4 rings (SSSR count). The summed E-state index contributed by atoms with van der Waals surface area (Å²) in [5.74, 6) is -0.194. The van der Waals surface area contributed by atoms with E-state index in [0.717, 1.165) is 6.07 Å². The van der Waals surface area contributed by atoms with Gasteiger partial charge in [-0.05, 0) is 54.7 Å². The van der Waals surface area contributed by atoms with Crippen molar-refractivity contribution in [3.8, 4) is 17.2 Å². The molecule has 0 atom stereocenters. The van der Waals surface area contributed by atoms with Crippen LogP contribution in [-0.4, -0.2) is 28.0 Å². The van der Waals surface area contributed by atoms with Crippen LogP contribution in [0, 0.1) is 10.1 Å². The Morgan fingerprint density at radius 3 is 2.70 bits per heavy atom. The zero-order valence-electron chi connectivity index (χ0n) is 17.0. The van der Waals surface area contributed by atoms with E-state index in [2.05, 4.69) is 15.6 Å². The van der Waals surface area contributed by atoms with Crippen LogP contribution in [0.3, 0.4) is 0 Å². The van der Waals surface area contributed by atoms with Crippen molar-refractivity contribution in [2.24, 2.45) is 0 Å². The molecule has 4 aromatic rings. The van der Waals surface area contributed by atoms with Crippen LogP contribution in [0.25, 0.3) is 22.6 Å². The third-order valence-corrected chi connectivity index (χ3v) is 5.15. The van der Waals surface area contributed by atoms with Gasteiger partial charge in [0.2, 0.25) is 5.89 Å². The Bertz CT molecular complexity index is 1370. The van der Waals surface area contributed by atoms with Crippen LogP contribution in [0.5, 0.6) is 5.75 Å². The summed E-state index contributed by atoms with van der Waals surface area (Å²) in [5.41, 5.74) is 2.14. The lowest BCUT2D eigenvalue weighted by atomic mass is 10.1. The average Bonchev–Trinajstić information content (AvgIpc) is 3.24. The summed E-state index contributed by atoms with van der Waals surface area (Å²) in [6, 6.07) is 16.3. The molecule has 166 valence electrons. The van der Waals surface area contributed by atoms with Crippen LogP contribution in [0.4, 0.5) is 11.4 Å². The number of carbonyl (C=O) groups is 1. The summed E-state index contributed by atoms with van der Waals surface area (Å²) >= 11 is 11.5. The molecule has 3 aromatic carbocycles. The maximum atomic E-state index is 12.5. The molecule has 0 saturated heterocycles. The van der Waals surface area contributed by atoms with Gasteiger partial charge in [-0.15, -0.1) is 0 Å². The highest BCUT2D eigenvalue weighted by Crippen LogP contribution is 2.31. The van der Waals surface area contributed by atoms with E-state index in [1.54, 1.807) is 18.2 Å².